The monoisotopic (exact) mass is 295 g/mol. The molecule has 1 N–H and O–H groups in total. The summed E-state index contributed by atoms with van der Waals surface area (Å²) >= 11 is 0. The molecule has 3 nitrogen and oxygen atoms in total. The van der Waals surface area contributed by atoms with Gasteiger partial charge in [-0.1, -0.05) is 27.7 Å². The molecule has 2 fully saturated rings. The van der Waals surface area contributed by atoms with E-state index in [1.54, 1.807) is 0 Å². The molecule has 2 aliphatic rings. The van der Waals surface area contributed by atoms with E-state index in [9.17, 15) is 9.90 Å². The van der Waals surface area contributed by atoms with Crippen molar-refractivity contribution in [2.45, 2.75) is 78.7 Å². The highest BCUT2D eigenvalue weighted by molar-refractivity contribution is 5.75. The normalized spacial score (nSPS) is 35.6. The maximum absolute atomic E-state index is 11.7. The molecule has 1 atom stereocenters. The van der Waals surface area contributed by atoms with E-state index in [1.165, 1.54) is 25.7 Å². The summed E-state index contributed by atoms with van der Waals surface area (Å²) in [5, 5.41) is 9.63. The van der Waals surface area contributed by atoms with E-state index >= 15 is 0 Å². The van der Waals surface area contributed by atoms with E-state index in [0.717, 1.165) is 38.3 Å². The van der Waals surface area contributed by atoms with Crippen LogP contribution in [0.3, 0.4) is 0 Å². The van der Waals surface area contributed by atoms with Gasteiger partial charge in [0.15, 0.2) is 0 Å². The lowest BCUT2D eigenvalue weighted by Gasteiger charge is -2.46. The molecule has 0 aromatic rings. The van der Waals surface area contributed by atoms with Crippen molar-refractivity contribution in [2.75, 3.05) is 13.1 Å². The number of hydrogen-bond donors (Lipinski definition) is 1. The van der Waals surface area contributed by atoms with Crippen LogP contribution in [0.4, 0.5) is 0 Å². The zero-order valence-electron chi connectivity index (χ0n) is 14.3. The van der Waals surface area contributed by atoms with Crippen LogP contribution in [0, 0.1) is 16.7 Å². The molecule has 1 unspecified atom stereocenters. The largest absolute Gasteiger partial charge is 0.481 e. The SMILES string of the molecule is CCC1(C(=O)O)CCCN(C2CCC(C(C)(C)C)CC2)C1. The maximum Gasteiger partial charge on any atom is 0.310 e. The molecule has 3 heteroatoms. The van der Waals surface area contributed by atoms with E-state index in [-0.39, 0.29) is 0 Å². The van der Waals surface area contributed by atoms with Crippen molar-refractivity contribution >= 4 is 5.97 Å². The van der Waals surface area contributed by atoms with Crippen LogP contribution in [0.2, 0.25) is 0 Å². The molecule has 1 heterocycles. The van der Waals surface area contributed by atoms with Gasteiger partial charge in [0.25, 0.3) is 0 Å². The van der Waals surface area contributed by atoms with Crippen LogP contribution in [0.15, 0.2) is 0 Å². The Morgan fingerprint density at radius 1 is 1.24 bits per heavy atom. The van der Waals surface area contributed by atoms with Crippen LogP contribution in [-0.2, 0) is 4.79 Å². The fourth-order valence-electron chi connectivity index (χ4n) is 4.40. The van der Waals surface area contributed by atoms with Crippen molar-refractivity contribution in [2.24, 2.45) is 16.7 Å². The Labute approximate surface area is 130 Å². The van der Waals surface area contributed by atoms with E-state index in [1.807, 2.05) is 6.92 Å². The summed E-state index contributed by atoms with van der Waals surface area (Å²) in [5.41, 5.74) is -0.0692. The first-order valence-corrected chi connectivity index (χ1v) is 8.76. The Morgan fingerprint density at radius 3 is 2.33 bits per heavy atom. The molecule has 1 saturated carbocycles. The molecule has 0 radical (unpaired) electrons. The van der Waals surface area contributed by atoms with E-state index in [2.05, 4.69) is 25.7 Å². The molecule has 1 aliphatic heterocycles. The number of carboxylic acid groups (broad SMARTS) is 1. The third-order valence-corrected chi connectivity index (χ3v) is 6.17. The van der Waals surface area contributed by atoms with Crippen molar-refractivity contribution in [3.05, 3.63) is 0 Å². The second-order valence-corrected chi connectivity index (χ2v) is 8.38. The van der Waals surface area contributed by atoms with Crippen LogP contribution >= 0.6 is 0 Å². The molecule has 122 valence electrons. The maximum atomic E-state index is 11.7. The minimum Gasteiger partial charge on any atom is -0.481 e. The number of piperidine rings is 1. The molecule has 0 bridgehead atoms. The summed E-state index contributed by atoms with van der Waals surface area (Å²) in [6.07, 6.45) is 7.76. The van der Waals surface area contributed by atoms with Gasteiger partial charge in [-0.2, -0.15) is 0 Å². The van der Waals surface area contributed by atoms with E-state index in [4.69, 9.17) is 0 Å². The van der Waals surface area contributed by atoms with Gasteiger partial charge in [-0.05, 0) is 62.8 Å². The van der Waals surface area contributed by atoms with Crippen molar-refractivity contribution in [3.8, 4) is 0 Å². The molecule has 1 aliphatic carbocycles. The molecule has 0 aromatic heterocycles. The average molecular weight is 295 g/mol. The van der Waals surface area contributed by atoms with Gasteiger partial charge >= 0.3 is 5.97 Å². The van der Waals surface area contributed by atoms with E-state index < -0.39 is 11.4 Å². The molecule has 0 amide bonds. The highest BCUT2D eigenvalue weighted by atomic mass is 16.4. The summed E-state index contributed by atoms with van der Waals surface area (Å²) < 4.78 is 0. The summed E-state index contributed by atoms with van der Waals surface area (Å²) in [4.78, 5) is 14.2. The summed E-state index contributed by atoms with van der Waals surface area (Å²) in [5.74, 6) is 0.243. The third kappa shape index (κ3) is 3.61. The summed E-state index contributed by atoms with van der Waals surface area (Å²) in [6.45, 7) is 11.0. The minimum absolute atomic E-state index is 0.418. The number of nitrogens with zero attached hydrogens (tertiary/aromatic N) is 1. The van der Waals surface area contributed by atoms with E-state index in [0.29, 0.717) is 11.5 Å². The Bertz CT molecular complexity index is 366. The Balaban J connectivity index is 1.96. The molecular weight excluding hydrogens is 262 g/mol. The number of aliphatic carboxylic acids is 1. The number of carboxylic acids is 1. The van der Waals surface area contributed by atoms with Crippen LogP contribution < -0.4 is 0 Å². The zero-order chi connectivity index (χ0) is 15.7. The second-order valence-electron chi connectivity index (χ2n) is 8.38. The summed E-state index contributed by atoms with van der Waals surface area (Å²) in [6, 6.07) is 0.620. The fraction of sp³-hybridized carbons (Fsp3) is 0.944. The lowest BCUT2D eigenvalue weighted by Crippen LogP contribution is -2.52. The Morgan fingerprint density at radius 2 is 1.86 bits per heavy atom. The van der Waals surface area contributed by atoms with Crippen molar-refractivity contribution in [1.82, 2.24) is 4.90 Å². The van der Waals surface area contributed by atoms with Gasteiger partial charge in [0.2, 0.25) is 0 Å². The summed E-state index contributed by atoms with van der Waals surface area (Å²) in [7, 11) is 0. The number of rotatable bonds is 3. The number of likely N-dealkylation sites (tertiary alicyclic amines) is 1. The predicted molar refractivity (Wildman–Crippen MR) is 86.4 cm³/mol. The topological polar surface area (TPSA) is 40.5 Å². The molecular formula is C18H33NO2. The lowest BCUT2D eigenvalue weighted by atomic mass is 9.70. The minimum atomic E-state index is -0.585. The zero-order valence-corrected chi connectivity index (χ0v) is 14.3. The van der Waals surface area contributed by atoms with Crippen LogP contribution in [0.5, 0.6) is 0 Å². The first kappa shape index (κ1) is 16.8. The predicted octanol–water partition coefficient (Wildman–Crippen LogP) is 4.17. The smallest absolute Gasteiger partial charge is 0.310 e. The van der Waals surface area contributed by atoms with Gasteiger partial charge in [0.05, 0.1) is 5.41 Å². The Hall–Kier alpha value is -0.570. The van der Waals surface area contributed by atoms with Crippen molar-refractivity contribution in [1.29, 1.82) is 0 Å². The first-order valence-electron chi connectivity index (χ1n) is 8.76. The van der Waals surface area contributed by atoms with Crippen LogP contribution in [0.1, 0.15) is 72.6 Å². The fourth-order valence-corrected chi connectivity index (χ4v) is 4.40. The van der Waals surface area contributed by atoms with Crippen LogP contribution in [-0.4, -0.2) is 35.1 Å². The second kappa shape index (κ2) is 6.28. The Kier molecular flexibility index (Phi) is 5.02. The van der Waals surface area contributed by atoms with Gasteiger partial charge in [-0.3, -0.25) is 9.69 Å². The van der Waals surface area contributed by atoms with Crippen molar-refractivity contribution < 1.29 is 9.90 Å². The number of hydrogen-bond acceptors (Lipinski definition) is 2. The molecule has 21 heavy (non-hydrogen) atoms. The average Bonchev–Trinajstić information content (AvgIpc) is 2.46. The van der Waals surface area contributed by atoms with Gasteiger partial charge in [-0.25, -0.2) is 0 Å². The molecule has 2 rings (SSSR count). The first-order chi connectivity index (χ1) is 9.78. The third-order valence-electron chi connectivity index (χ3n) is 6.17. The number of carbonyl (C=O) groups is 1. The van der Waals surface area contributed by atoms with Gasteiger partial charge in [0, 0.05) is 12.6 Å². The van der Waals surface area contributed by atoms with Crippen LogP contribution in [0.25, 0.3) is 0 Å². The van der Waals surface area contributed by atoms with Gasteiger partial charge in [0.1, 0.15) is 0 Å². The molecule has 0 spiro atoms. The highest BCUT2D eigenvalue weighted by Gasteiger charge is 2.43. The molecule has 0 aromatic carbocycles. The van der Waals surface area contributed by atoms with Gasteiger partial charge in [-0.15, -0.1) is 0 Å². The standard InChI is InChI=1S/C18H33NO2/c1-5-18(16(20)21)11-6-12-19(13-18)15-9-7-14(8-10-15)17(2,3)4/h14-15H,5-13H2,1-4H3,(H,20,21). The lowest BCUT2D eigenvalue weighted by molar-refractivity contribution is -0.153. The highest BCUT2D eigenvalue weighted by Crippen LogP contribution is 2.41. The van der Waals surface area contributed by atoms with Gasteiger partial charge < -0.3 is 5.11 Å². The quantitative estimate of drug-likeness (QED) is 0.849. The van der Waals surface area contributed by atoms with Crippen molar-refractivity contribution in [3.63, 3.8) is 0 Å². The molecule has 1 saturated heterocycles.